The molecule has 0 fully saturated rings. The predicted molar refractivity (Wildman–Crippen MR) is 73.3 cm³/mol. The van der Waals surface area contributed by atoms with Crippen molar-refractivity contribution in [2.45, 2.75) is 25.7 Å². The summed E-state index contributed by atoms with van der Waals surface area (Å²) in [4.78, 5) is 13.8. The lowest BCUT2D eigenvalue weighted by Gasteiger charge is -2.17. The van der Waals surface area contributed by atoms with E-state index in [0.717, 1.165) is 5.56 Å². The van der Waals surface area contributed by atoms with E-state index in [0.29, 0.717) is 0 Å². The highest BCUT2D eigenvalue weighted by Gasteiger charge is 2.42. The van der Waals surface area contributed by atoms with Gasteiger partial charge < -0.3 is 10.6 Å². The molecule has 6 nitrogen and oxygen atoms in total. The lowest BCUT2D eigenvalue weighted by molar-refractivity contribution is -0.135. The molecule has 0 bridgehead atoms. The Kier molecular flexibility index (Phi) is 4.47. The zero-order chi connectivity index (χ0) is 15.6. The van der Waals surface area contributed by atoms with Gasteiger partial charge in [0, 0.05) is 0 Å². The average Bonchev–Trinajstić information content (AvgIpc) is 2.27. The van der Waals surface area contributed by atoms with E-state index in [1.807, 2.05) is 6.92 Å². The number of benzene rings is 1. The Morgan fingerprint density at radius 3 is 2.20 bits per heavy atom. The fourth-order valence-corrected chi connectivity index (χ4v) is 3.64. The molecule has 0 saturated carbocycles. The molecule has 108 valence electrons. The molecule has 0 aliphatic rings. The van der Waals surface area contributed by atoms with Crippen LogP contribution >= 0.6 is 0 Å². The number of carboxylic acid groups (broad SMARTS) is 1. The summed E-state index contributed by atoms with van der Waals surface area (Å²) in [5.74, 6) is -1.91. The van der Waals surface area contributed by atoms with E-state index < -0.39 is 32.7 Å². The number of sulfone groups is 1. The molecule has 7 heteroatoms. The topological polar surface area (TPSA) is 108 Å². The SMILES string of the molecule is Cc1ccc(S(=O)(=O)CC(C)(C)C(=[N+]=[N-])C(=O)O)cc1. The quantitative estimate of drug-likeness (QED) is 0.505. The van der Waals surface area contributed by atoms with Gasteiger partial charge in [0.25, 0.3) is 0 Å². The molecule has 1 N–H and O–H groups in total. The van der Waals surface area contributed by atoms with E-state index >= 15 is 0 Å². The number of carboxylic acids is 1. The van der Waals surface area contributed by atoms with Gasteiger partial charge in [0.2, 0.25) is 0 Å². The summed E-state index contributed by atoms with van der Waals surface area (Å²) in [6, 6.07) is 6.27. The van der Waals surface area contributed by atoms with Crippen LogP contribution in [-0.4, -0.2) is 35.7 Å². The number of hydrogen-bond acceptors (Lipinski definition) is 3. The minimum absolute atomic E-state index is 0.110. The Balaban J connectivity index is 3.16. The van der Waals surface area contributed by atoms with Crippen LogP contribution in [0.3, 0.4) is 0 Å². The number of hydrogen-bond donors (Lipinski definition) is 1. The third kappa shape index (κ3) is 3.53. The Morgan fingerprint density at radius 2 is 1.80 bits per heavy atom. The van der Waals surface area contributed by atoms with Gasteiger partial charge in [-0.15, -0.1) is 0 Å². The fraction of sp³-hybridized carbons (Fsp3) is 0.385. The summed E-state index contributed by atoms with van der Waals surface area (Å²) in [6.45, 7) is 4.64. The van der Waals surface area contributed by atoms with E-state index in [2.05, 4.69) is 4.79 Å². The number of nitrogens with zero attached hydrogens (tertiary/aromatic N) is 2. The first-order valence-electron chi connectivity index (χ1n) is 5.85. The summed E-state index contributed by atoms with van der Waals surface area (Å²) < 4.78 is 24.5. The highest BCUT2D eigenvalue weighted by molar-refractivity contribution is 7.91. The van der Waals surface area contributed by atoms with E-state index in [1.165, 1.54) is 26.0 Å². The molecule has 0 heterocycles. The van der Waals surface area contributed by atoms with Gasteiger partial charge in [-0.05, 0) is 32.9 Å². The highest BCUT2D eigenvalue weighted by Crippen LogP contribution is 2.24. The third-order valence-electron chi connectivity index (χ3n) is 2.87. The fourth-order valence-electron chi connectivity index (χ4n) is 1.84. The van der Waals surface area contributed by atoms with Crippen LogP contribution in [0.25, 0.3) is 5.53 Å². The van der Waals surface area contributed by atoms with E-state index in [-0.39, 0.29) is 4.90 Å². The lowest BCUT2D eigenvalue weighted by Crippen LogP contribution is -2.38. The van der Waals surface area contributed by atoms with Gasteiger partial charge >= 0.3 is 11.7 Å². The number of aryl methyl sites for hydroxylation is 1. The van der Waals surface area contributed by atoms with Crippen molar-refractivity contribution in [3.8, 4) is 0 Å². The number of aliphatic carboxylic acids is 1. The second-order valence-electron chi connectivity index (χ2n) is 5.21. The molecule has 1 aromatic rings. The van der Waals surface area contributed by atoms with Crippen LogP contribution < -0.4 is 0 Å². The molecule has 1 rings (SSSR count). The maximum absolute atomic E-state index is 12.3. The minimum atomic E-state index is -3.68. The summed E-state index contributed by atoms with van der Waals surface area (Å²) in [5, 5.41) is 8.93. The van der Waals surface area contributed by atoms with Crippen LogP contribution in [-0.2, 0) is 14.6 Å². The van der Waals surface area contributed by atoms with Gasteiger partial charge in [-0.2, -0.15) is 4.79 Å². The van der Waals surface area contributed by atoms with Gasteiger partial charge in [-0.3, -0.25) is 0 Å². The van der Waals surface area contributed by atoms with E-state index in [1.54, 1.807) is 12.1 Å². The first kappa shape index (κ1) is 16.1. The van der Waals surface area contributed by atoms with Crippen molar-refractivity contribution in [2.24, 2.45) is 5.41 Å². The largest absolute Gasteiger partial charge is 0.473 e. The van der Waals surface area contributed by atoms with Crippen LogP contribution in [0.5, 0.6) is 0 Å². The molecule has 0 aliphatic heterocycles. The summed E-state index contributed by atoms with van der Waals surface area (Å²) in [7, 11) is -3.68. The molecule has 0 amide bonds. The lowest BCUT2D eigenvalue weighted by atomic mass is 9.90. The van der Waals surface area contributed by atoms with Crippen molar-refractivity contribution >= 4 is 21.5 Å². The van der Waals surface area contributed by atoms with Crippen LogP contribution in [0.15, 0.2) is 29.2 Å². The summed E-state index contributed by atoms with van der Waals surface area (Å²) >= 11 is 0. The third-order valence-corrected chi connectivity index (χ3v) is 4.97. The van der Waals surface area contributed by atoms with Crippen molar-refractivity contribution in [1.29, 1.82) is 0 Å². The van der Waals surface area contributed by atoms with Gasteiger partial charge in [0.15, 0.2) is 9.84 Å². The summed E-state index contributed by atoms with van der Waals surface area (Å²) in [6.07, 6.45) is 0. The molecular formula is C13H16N2O4S. The predicted octanol–water partition coefficient (Wildman–Crippen LogP) is 1.55. The Morgan fingerprint density at radius 1 is 1.30 bits per heavy atom. The highest BCUT2D eigenvalue weighted by atomic mass is 32.2. The standard InChI is InChI=1S/C13H16N2O4S/c1-9-4-6-10(7-5-9)20(18,19)8-13(2,3)11(15-14)12(16)17/h4-7H,8H2,1-3H3,(H,16,17). The van der Waals surface area contributed by atoms with Crippen molar-refractivity contribution < 1.29 is 23.1 Å². The monoisotopic (exact) mass is 296 g/mol. The van der Waals surface area contributed by atoms with E-state index in [9.17, 15) is 13.2 Å². The Labute approximate surface area is 117 Å². The molecule has 0 spiro atoms. The van der Waals surface area contributed by atoms with Gasteiger partial charge in [0.05, 0.1) is 16.1 Å². The van der Waals surface area contributed by atoms with Gasteiger partial charge in [-0.25, -0.2) is 13.2 Å². The minimum Gasteiger partial charge on any atom is -0.473 e. The molecule has 0 saturated heterocycles. The molecule has 0 aromatic heterocycles. The molecular weight excluding hydrogens is 280 g/mol. The van der Waals surface area contributed by atoms with E-state index in [4.69, 9.17) is 10.6 Å². The zero-order valence-corrected chi connectivity index (χ0v) is 12.3. The maximum atomic E-state index is 12.3. The molecule has 0 unspecified atom stereocenters. The number of carbonyl (C=O) groups is 1. The normalized spacial score (nSPS) is 11.8. The smallest absolute Gasteiger partial charge is 0.415 e. The average molecular weight is 296 g/mol. The van der Waals surface area contributed by atoms with Gasteiger partial charge in [-0.1, -0.05) is 17.7 Å². The molecule has 1 aromatic carbocycles. The van der Waals surface area contributed by atoms with Crippen molar-refractivity contribution in [3.05, 3.63) is 35.4 Å². The van der Waals surface area contributed by atoms with Crippen LogP contribution in [0.2, 0.25) is 0 Å². The first-order chi connectivity index (χ1) is 9.10. The van der Waals surface area contributed by atoms with Crippen molar-refractivity contribution in [3.63, 3.8) is 0 Å². The zero-order valence-electron chi connectivity index (χ0n) is 11.5. The van der Waals surface area contributed by atoms with Gasteiger partial charge in [0.1, 0.15) is 0 Å². The molecule has 0 radical (unpaired) electrons. The Bertz CT molecular complexity index is 669. The van der Waals surface area contributed by atoms with Crippen molar-refractivity contribution in [2.75, 3.05) is 5.75 Å². The molecule has 0 aliphatic carbocycles. The maximum Gasteiger partial charge on any atom is 0.415 e. The molecule has 0 atom stereocenters. The Hall–Kier alpha value is -1.98. The second-order valence-corrected chi connectivity index (χ2v) is 7.20. The van der Waals surface area contributed by atoms with Crippen LogP contribution in [0, 0.1) is 12.3 Å². The van der Waals surface area contributed by atoms with Crippen LogP contribution in [0.4, 0.5) is 0 Å². The first-order valence-corrected chi connectivity index (χ1v) is 7.50. The van der Waals surface area contributed by atoms with Crippen LogP contribution in [0.1, 0.15) is 19.4 Å². The van der Waals surface area contributed by atoms with Crippen molar-refractivity contribution in [1.82, 2.24) is 0 Å². The summed E-state index contributed by atoms with van der Waals surface area (Å²) in [5.41, 5.74) is 7.77. The number of rotatable bonds is 5. The molecule has 20 heavy (non-hydrogen) atoms. The second kappa shape index (κ2) is 5.56.